The van der Waals surface area contributed by atoms with Gasteiger partial charge in [0.1, 0.15) is 11.9 Å². The molecule has 1 atom stereocenters. The number of nitrogens with zero attached hydrogens (tertiary/aromatic N) is 4. The topological polar surface area (TPSA) is 72.3 Å². The van der Waals surface area contributed by atoms with Crippen LogP contribution in [0.5, 0.6) is 5.75 Å². The third kappa shape index (κ3) is 4.79. The number of ether oxygens (including phenoxy) is 1. The zero-order chi connectivity index (χ0) is 17.6. The van der Waals surface area contributed by atoms with Crippen LogP contribution in [0, 0.1) is 0 Å². The van der Waals surface area contributed by atoms with Crippen molar-refractivity contribution < 1.29 is 9.53 Å². The summed E-state index contributed by atoms with van der Waals surface area (Å²) >= 11 is 0. The highest BCUT2D eigenvalue weighted by molar-refractivity contribution is 5.72. The lowest BCUT2D eigenvalue weighted by molar-refractivity contribution is -0.119. The SMILES string of the molecule is CCn1nccc1CN1CCC(Oc2ccnc(CNC(C)=O)c2)C1. The number of hydrogen-bond donors (Lipinski definition) is 1. The number of carbonyl (C=O) groups excluding carboxylic acids is 1. The largest absolute Gasteiger partial charge is 0.489 e. The molecule has 1 aliphatic rings. The molecule has 1 saturated heterocycles. The van der Waals surface area contributed by atoms with Crippen molar-refractivity contribution in [2.45, 2.75) is 46.0 Å². The molecule has 0 aromatic carbocycles. The Bertz CT molecular complexity index is 715. The fourth-order valence-corrected chi connectivity index (χ4v) is 3.08. The Labute approximate surface area is 148 Å². The number of aromatic nitrogens is 3. The van der Waals surface area contributed by atoms with Crippen molar-refractivity contribution in [3.8, 4) is 5.75 Å². The van der Waals surface area contributed by atoms with E-state index < -0.39 is 0 Å². The first-order chi connectivity index (χ1) is 12.1. The number of aryl methyl sites for hydroxylation is 1. The predicted molar refractivity (Wildman–Crippen MR) is 94.0 cm³/mol. The Kier molecular flexibility index (Phi) is 5.65. The fraction of sp³-hybridized carbons (Fsp3) is 0.500. The zero-order valence-electron chi connectivity index (χ0n) is 14.8. The van der Waals surface area contributed by atoms with Gasteiger partial charge in [-0.25, -0.2) is 0 Å². The Hall–Kier alpha value is -2.41. The van der Waals surface area contributed by atoms with Gasteiger partial charge >= 0.3 is 0 Å². The van der Waals surface area contributed by atoms with Crippen LogP contribution < -0.4 is 10.1 Å². The smallest absolute Gasteiger partial charge is 0.217 e. The second-order valence-electron chi connectivity index (χ2n) is 6.29. The number of rotatable bonds is 7. The molecule has 1 N–H and O–H groups in total. The molecule has 2 aromatic heterocycles. The number of amides is 1. The number of nitrogens with one attached hydrogen (secondary N) is 1. The lowest BCUT2D eigenvalue weighted by atomic mass is 10.3. The van der Waals surface area contributed by atoms with Gasteiger partial charge < -0.3 is 10.1 Å². The van der Waals surface area contributed by atoms with Gasteiger partial charge in [0.2, 0.25) is 5.91 Å². The van der Waals surface area contributed by atoms with E-state index in [9.17, 15) is 4.79 Å². The molecule has 1 amide bonds. The molecule has 0 aliphatic carbocycles. The summed E-state index contributed by atoms with van der Waals surface area (Å²) in [6.07, 6.45) is 4.76. The summed E-state index contributed by atoms with van der Waals surface area (Å²) in [7, 11) is 0. The lowest BCUT2D eigenvalue weighted by Gasteiger charge is -2.17. The van der Waals surface area contributed by atoms with Crippen LogP contribution in [-0.4, -0.2) is 44.8 Å². The van der Waals surface area contributed by atoms with E-state index in [1.165, 1.54) is 12.6 Å². The van der Waals surface area contributed by atoms with E-state index in [4.69, 9.17) is 4.74 Å². The molecule has 1 aliphatic heterocycles. The van der Waals surface area contributed by atoms with Gasteiger partial charge in [-0.05, 0) is 25.5 Å². The maximum Gasteiger partial charge on any atom is 0.217 e. The summed E-state index contributed by atoms with van der Waals surface area (Å²) in [5.74, 6) is 0.742. The van der Waals surface area contributed by atoms with Crippen LogP contribution in [0.15, 0.2) is 30.6 Å². The summed E-state index contributed by atoms with van der Waals surface area (Å²) in [6.45, 7) is 7.74. The first-order valence-corrected chi connectivity index (χ1v) is 8.73. The molecule has 0 saturated carbocycles. The fourth-order valence-electron chi connectivity index (χ4n) is 3.08. The predicted octanol–water partition coefficient (Wildman–Crippen LogP) is 1.59. The van der Waals surface area contributed by atoms with Crippen LogP contribution in [0.1, 0.15) is 31.7 Å². The van der Waals surface area contributed by atoms with Gasteiger partial charge in [0.25, 0.3) is 0 Å². The van der Waals surface area contributed by atoms with E-state index in [-0.39, 0.29) is 12.0 Å². The molecule has 134 valence electrons. The quantitative estimate of drug-likeness (QED) is 0.826. The van der Waals surface area contributed by atoms with Crippen LogP contribution in [0.3, 0.4) is 0 Å². The molecular formula is C18H25N5O2. The van der Waals surface area contributed by atoms with E-state index in [1.807, 2.05) is 23.0 Å². The van der Waals surface area contributed by atoms with Crippen LogP contribution in [0.4, 0.5) is 0 Å². The van der Waals surface area contributed by atoms with Crippen molar-refractivity contribution in [2.75, 3.05) is 13.1 Å². The lowest BCUT2D eigenvalue weighted by Crippen LogP contribution is -2.25. The van der Waals surface area contributed by atoms with Crippen LogP contribution in [-0.2, 0) is 24.4 Å². The van der Waals surface area contributed by atoms with Gasteiger partial charge in [0.15, 0.2) is 0 Å². The second-order valence-corrected chi connectivity index (χ2v) is 6.29. The summed E-state index contributed by atoms with van der Waals surface area (Å²) in [5.41, 5.74) is 2.04. The molecule has 2 aromatic rings. The standard InChI is InChI=1S/C18H25N5O2/c1-3-23-16(4-8-21-23)12-22-9-6-18(13-22)25-17-5-7-19-15(10-17)11-20-14(2)24/h4-5,7-8,10,18H,3,6,9,11-13H2,1-2H3,(H,20,24). The van der Waals surface area contributed by atoms with Crippen LogP contribution in [0.2, 0.25) is 0 Å². The minimum atomic E-state index is -0.0640. The summed E-state index contributed by atoms with van der Waals surface area (Å²) in [4.78, 5) is 17.7. The Morgan fingerprint density at radius 2 is 2.28 bits per heavy atom. The van der Waals surface area contributed by atoms with E-state index in [0.717, 1.165) is 44.0 Å². The number of pyridine rings is 1. The third-order valence-electron chi connectivity index (χ3n) is 4.33. The van der Waals surface area contributed by atoms with Gasteiger partial charge in [0.05, 0.1) is 17.9 Å². The molecule has 3 heterocycles. The van der Waals surface area contributed by atoms with E-state index >= 15 is 0 Å². The van der Waals surface area contributed by atoms with Gasteiger partial charge in [-0.2, -0.15) is 5.10 Å². The first kappa shape index (κ1) is 17.4. The number of likely N-dealkylation sites (tertiary alicyclic amines) is 1. The molecule has 0 bridgehead atoms. The van der Waals surface area contributed by atoms with Crippen molar-refractivity contribution in [1.29, 1.82) is 0 Å². The van der Waals surface area contributed by atoms with Crippen molar-refractivity contribution in [3.05, 3.63) is 42.0 Å². The monoisotopic (exact) mass is 343 g/mol. The van der Waals surface area contributed by atoms with Gasteiger partial charge in [-0.1, -0.05) is 0 Å². The molecule has 3 rings (SSSR count). The Morgan fingerprint density at radius 1 is 1.40 bits per heavy atom. The number of hydrogen-bond acceptors (Lipinski definition) is 5. The zero-order valence-corrected chi connectivity index (χ0v) is 14.8. The van der Waals surface area contributed by atoms with Crippen LogP contribution in [0.25, 0.3) is 0 Å². The third-order valence-corrected chi connectivity index (χ3v) is 4.33. The number of carbonyl (C=O) groups is 1. The summed E-state index contributed by atoms with van der Waals surface area (Å²) in [6, 6.07) is 5.84. The summed E-state index contributed by atoms with van der Waals surface area (Å²) < 4.78 is 8.15. The minimum absolute atomic E-state index is 0.0640. The molecule has 0 radical (unpaired) electrons. The highest BCUT2D eigenvalue weighted by Gasteiger charge is 2.24. The molecule has 7 heteroatoms. The molecular weight excluding hydrogens is 318 g/mol. The summed E-state index contributed by atoms with van der Waals surface area (Å²) in [5, 5.41) is 7.08. The van der Waals surface area contributed by atoms with Crippen molar-refractivity contribution in [3.63, 3.8) is 0 Å². The normalized spacial score (nSPS) is 17.6. The van der Waals surface area contributed by atoms with Gasteiger partial charge in [-0.3, -0.25) is 19.4 Å². The molecule has 7 nitrogen and oxygen atoms in total. The van der Waals surface area contributed by atoms with Gasteiger partial charge in [0, 0.05) is 51.6 Å². The minimum Gasteiger partial charge on any atom is -0.489 e. The molecule has 25 heavy (non-hydrogen) atoms. The maximum atomic E-state index is 11.0. The van der Waals surface area contributed by atoms with Crippen molar-refractivity contribution >= 4 is 5.91 Å². The highest BCUT2D eigenvalue weighted by Crippen LogP contribution is 2.20. The van der Waals surface area contributed by atoms with Gasteiger partial charge in [-0.15, -0.1) is 0 Å². The Morgan fingerprint density at radius 3 is 3.08 bits per heavy atom. The molecule has 1 fully saturated rings. The second kappa shape index (κ2) is 8.11. The van der Waals surface area contributed by atoms with E-state index in [0.29, 0.717) is 6.54 Å². The first-order valence-electron chi connectivity index (χ1n) is 8.73. The van der Waals surface area contributed by atoms with E-state index in [1.54, 1.807) is 6.20 Å². The Balaban J connectivity index is 1.53. The van der Waals surface area contributed by atoms with Crippen LogP contribution >= 0.6 is 0 Å². The van der Waals surface area contributed by atoms with Crippen molar-refractivity contribution in [2.24, 2.45) is 0 Å². The van der Waals surface area contributed by atoms with Crippen molar-refractivity contribution in [1.82, 2.24) is 25.0 Å². The maximum absolute atomic E-state index is 11.0. The van der Waals surface area contributed by atoms with E-state index in [2.05, 4.69) is 33.3 Å². The molecule has 0 spiro atoms. The average Bonchev–Trinajstić information content (AvgIpc) is 3.23. The molecule has 1 unspecified atom stereocenters. The average molecular weight is 343 g/mol. The highest BCUT2D eigenvalue weighted by atomic mass is 16.5.